The smallest absolute Gasteiger partial charge is 0.401 e. The standard InChI is InChI=1S/C28H28Cl2N3O7P3/c29-41-31-42(30)33-43(32-41,38-20-18-36-16-14-34-13-15-35-17-19-37-41)40-26-12-10-22-6-2-4-8-24(22)28(26)27-23-7-3-1-5-21(23)9-11-25(27)39-42/h1-12H,13-20H2/t41-,42+,43-/m1/s1. The van der Waals surface area contributed by atoms with E-state index < -0.39 is 21.2 Å². The first-order chi connectivity index (χ1) is 21.0. The molecule has 7 rings (SSSR count). The Labute approximate surface area is 258 Å². The Morgan fingerprint density at radius 1 is 0.488 bits per heavy atom. The molecule has 1 spiro atoms. The second-order valence-corrected chi connectivity index (χ2v) is 18.3. The van der Waals surface area contributed by atoms with Gasteiger partial charge in [0.05, 0.1) is 52.9 Å². The summed E-state index contributed by atoms with van der Waals surface area (Å²) in [5.41, 5.74) is 1.61. The van der Waals surface area contributed by atoms with Gasteiger partial charge in [-0.25, -0.2) is 0 Å². The molecule has 15 heteroatoms. The van der Waals surface area contributed by atoms with Gasteiger partial charge in [-0.2, -0.15) is 4.52 Å². The van der Waals surface area contributed by atoms with Crippen LogP contribution in [-0.4, -0.2) is 52.9 Å². The van der Waals surface area contributed by atoms with Gasteiger partial charge in [0.25, 0.3) is 0 Å². The number of rotatable bonds is 0. The van der Waals surface area contributed by atoms with Gasteiger partial charge in [-0.3, -0.25) is 4.52 Å². The maximum Gasteiger partial charge on any atom is 0.401 e. The van der Waals surface area contributed by atoms with Crippen molar-refractivity contribution in [1.29, 1.82) is 0 Å². The number of nitrogens with zero attached hydrogens (tertiary/aromatic N) is 3. The van der Waals surface area contributed by atoms with Gasteiger partial charge in [-0.1, -0.05) is 60.7 Å². The molecule has 0 fully saturated rings. The molecule has 0 radical (unpaired) electrons. The molecule has 0 aromatic heterocycles. The highest BCUT2D eigenvalue weighted by atomic mass is 35.7. The van der Waals surface area contributed by atoms with Crippen molar-refractivity contribution >= 4 is 65.3 Å². The summed E-state index contributed by atoms with van der Waals surface area (Å²) >= 11 is 14.3. The van der Waals surface area contributed by atoms with Gasteiger partial charge in [-0.05, 0) is 56.2 Å². The fraction of sp³-hybridized carbons (Fsp3) is 0.286. The van der Waals surface area contributed by atoms with E-state index in [0.29, 0.717) is 37.9 Å². The molecule has 4 aromatic rings. The van der Waals surface area contributed by atoms with E-state index in [1.165, 1.54) is 0 Å². The molecule has 43 heavy (non-hydrogen) atoms. The third-order valence-electron chi connectivity index (χ3n) is 6.85. The summed E-state index contributed by atoms with van der Waals surface area (Å²) in [5, 5.41) is 3.95. The van der Waals surface area contributed by atoms with Crippen molar-refractivity contribution in [1.82, 2.24) is 0 Å². The van der Waals surface area contributed by atoms with E-state index in [2.05, 4.69) is 10.6 Å². The SMILES string of the molecule is Cl[P@]12=N[P@@]3(=N[P@](Cl)(=N1)Oc1ccc4ccccc4c1-c1c(ccc4ccccc14)O3)OCCOCCOCCOCCO2. The molecule has 4 aromatic carbocycles. The van der Waals surface area contributed by atoms with Crippen LogP contribution in [0.15, 0.2) is 86.3 Å². The fourth-order valence-electron chi connectivity index (χ4n) is 5.06. The molecule has 0 amide bonds. The molecule has 0 N–H and O–H groups in total. The van der Waals surface area contributed by atoms with Crippen LogP contribution < -0.4 is 9.05 Å². The monoisotopic (exact) mass is 681 g/mol. The van der Waals surface area contributed by atoms with Crippen LogP contribution in [0.4, 0.5) is 0 Å². The first-order valence-electron chi connectivity index (χ1n) is 13.7. The van der Waals surface area contributed by atoms with Crippen molar-refractivity contribution in [2.45, 2.75) is 0 Å². The lowest BCUT2D eigenvalue weighted by Gasteiger charge is -2.29. The van der Waals surface area contributed by atoms with Crippen molar-refractivity contribution in [3.63, 3.8) is 0 Å². The van der Waals surface area contributed by atoms with Crippen molar-refractivity contribution in [3.05, 3.63) is 72.8 Å². The second-order valence-electron chi connectivity index (χ2n) is 9.71. The molecule has 3 bridgehead atoms. The lowest BCUT2D eigenvalue weighted by Crippen LogP contribution is -2.13. The molecular weight excluding hydrogens is 654 g/mol. The molecule has 0 aliphatic carbocycles. The van der Waals surface area contributed by atoms with E-state index in [4.69, 9.17) is 63.8 Å². The first-order valence-corrected chi connectivity index (χ1v) is 20.3. The molecule has 3 aliphatic rings. The minimum atomic E-state index is -3.63. The van der Waals surface area contributed by atoms with E-state index in [1.807, 2.05) is 66.7 Å². The molecular formula is C28H28Cl2N3O7P3. The van der Waals surface area contributed by atoms with Gasteiger partial charge in [0.1, 0.15) is 11.5 Å². The van der Waals surface area contributed by atoms with Crippen LogP contribution in [0.2, 0.25) is 0 Å². The molecule has 3 heterocycles. The quantitative estimate of drug-likeness (QED) is 0.170. The van der Waals surface area contributed by atoms with Gasteiger partial charge >= 0.3 is 21.2 Å². The average molecular weight is 682 g/mol. The predicted octanol–water partition coefficient (Wildman–Crippen LogP) is 9.86. The Balaban J connectivity index is 1.47. The Morgan fingerprint density at radius 2 is 1.00 bits per heavy atom. The number of hydrogen-bond donors (Lipinski definition) is 0. The summed E-state index contributed by atoms with van der Waals surface area (Å²) in [6.07, 6.45) is 0. The number of fused-ring (bicyclic) bond motifs is 8. The van der Waals surface area contributed by atoms with Gasteiger partial charge in [-0.15, -0.1) is 9.03 Å². The van der Waals surface area contributed by atoms with Gasteiger partial charge in [0.2, 0.25) is 0 Å². The average Bonchev–Trinajstić information content (AvgIpc) is 3.01. The third kappa shape index (κ3) is 6.29. The number of hydrogen-bond acceptors (Lipinski definition) is 10. The van der Waals surface area contributed by atoms with Gasteiger partial charge in [0, 0.05) is 11.1 Å². The predicted molar refractivity (Wildman–Crippen MR) is 172 cm³/mol. The van der Waals surface area contributed by atoms with Crippen LogP contribution in [0, 0.1) is 0 Å². The van der Waals surface area contributed by atoms with Crippen LogP contribution in [0.3, 0.4) is 0 Å². The highest BCUT2D eigenvalue weighted by molar-refractivity contribution is 8.00. The fourth-order valence-corrected chi connectivity index (χ4v) is 16.6. The summed E-state index contributed by atoms with van der Waals surface area (Å²) < 4.78 is 57.0. The Kier molecular flexibility index (Phi) is 8.62. The van der Waals surface area contributed by atoms with Crippen LogP contribution in [0.1, 0.15) is 0 Å². The lowest BCUT2D eigenvalue weighted by atomic mass is 9.92. The summed E-state index contributed by atoms with van der Waals surface area (Å²) in [6.45, 7) is -4.70. The van der Waals surface area contributed by atoms with Crippen LogP contribution in [0.25, 0.3) is 32.7 Å². The molecule has 226 valence electrons. The van der Waals surface area contributed by atoms with E-state index in [-0.39, 0.29) is 26.4 Å². The normalized spacial score (nSPS) is 28.2. The summed E-state index contributed by atoms with van der Waals surface area (Å²) in [4.78, 5) is 0. The number of ether oxygens (including phenoxy) is 3. The van der Waals surface area contributed by atoms with E-state index in [9.17, 15) is 0 Å². The number of benzene rings is 4. The summed E-state index contributed by atoms with van der Waals surface area (Å²) in [5.74, 6) is 0.998. The van der Waals surface area contributed by atoms with Crippen LogP contribution in [0.5, 0.6) is 11.5 Å². The first kappa shape index (κ1) is 29.8. The molecule has 0 saturated carbocycles. The van der Waals surface area contributed by atoms with E-state index in [0.717, 1.165) is 32.7 Å². The molecule has 0 unspecified atom stereocenters. The number of halogens is 2. The van der Waals surface area contributed by atoms with Crippen molar-refractivity contribution in [3.8, 4) is 22.6 Å². The molecule has 0 saturated heterocycles. The maximum atomic E-state index is 7.23. The second kappa shape index (κ2) is 12.5. The Hall–Kier alpha value is -1.93. The topological polar surface area (TPSA) is 102 Å². The van der Waals surface area contributed by atoms with Gasteiger partial charge in [0.15, 0.2) is 0 Å². The van der Waals surface area contributed by atoms with E-state index >= 15 is 0 Å². The minimum absolute atomic E-state index is 0.108. The zero-order valence-electron chi connectivity index (χ0n) is 22.9. The molecule has 10 nitrogen and oxygen atoms in total. The Morgan fingerprint density at radius 3 is 1.60 bits per heavy atom. The summed E-state index contributed by atoms with van der Waals surface area (Å²) in [6, 6.07) is 23.9. The molecule has 3 atom stereocenters. The largest absolute Gasteiger partial charge is 0.430 e. The molecule has 3 aliphatic heterocycles. The van der Waals surface area contributed by atoms with Gasteiger partial charge < -0.3 is 27.8 Å². The van der Waals surface area contributed by atoms with Crippen molar-refractivity contribution < 1.29 is 32.3 Å². The van der Waals surface area contributed by atoms with Crippen molar-refractivity contribution in [2.24, 2.45) is 13.5 Å². The third-order valence-corrected chi connectivity index (χ3v) is 17.0. The van der Waals surface area contributed by atoms with E-state index in [1.54, 1.807) is 0 Å². The van der Waals surface area contributed by atoms with Crippen LogP contribution >= 0.6 is 43.7 Å². The maximum absolute atomic E-state index is 7.23. The highest BCUT2D eigenvalue weighted by Gasteiger charge is 2.43. The lowest BCUT2D eigenvalue weighted by molar-refractivity contribution is 0.00518. The Bertz CT molecular complexity index is 1870. The minimum Gasteiger partial charge on any atom is -0.430 e. The van der Waals surface area contributed by atoms with Crippen molar-refractivity contribution in [2.75, 3.05) is 52.9 Å². The van der Waals surface area contributed by atoms with Crippen LogP contribution in [-0.2, 0) is 23.3 Å². The zero-order chi connectivity index (χ0) is 29.3. The zero-order valence-corrected chi connectivity index (χ0v) is 27.1. The summed E-state index contributed by atoms with van der Waals surface area (Å²) in [7, 11) is -3.63. The highest BCUT2D eigenvalue weighted by Crippen LogP contribution is 2.83.